The number of nitriles is 1. The number of para-hydroxylation sites is 1. The second-order valence-electron chi connectivity index (χ2n) is 6.98. The highest BCUT2D eigenvalue weighted by Crippen LogP contribution is 2.30. The van der Waals surface area contributed by atoms with Gasteiger partial charge in [0, 0.05) is 6.20 Å². The van der Waals surface area contributed by atoms with Crippen LogP contribution >= 0.6 is 11.6 Å². The quantitative estimate of drug-likeness (QED) is 0.340. The van der Waals surface area contributed by atoms with E-state index in [9.17, 15) is 14.9 Å². The first-order valence-corrected chi connectivity index (χ1v) is 10.2. The van der Waals surface area contributed by atoms with E-state index in [1.54, 1.807) is 61.7 Å². The average Bonchev–Trinajstić information content (AvgIpc) is 3.33. The molecule has 1 amide bonds. The summed E-state index contributed by atoms with van der Waals surface area (Å²) in [5, 5.41) is 12.5. The van der Waals surface area contributed by atoms with Crippen LogP contribution in [0, 0.1) is 18.3 Å². The van der Waals surface area contributed by atoms with Gasteiger partial charge in [0.25, 0.3) is 11.5 Å². The monoisotopic (exact) mass is 460 g/mol. The molecular formula is C24H17ClN4O4. The van der Waals surface area contributed by atoms with Crippen LogP contribution in [0.4, 0.5) is 0 Å². The summed E-state index contributed by atoms with van der Waals surface area (Å²) in [4.78, 5) is 30.4. The van der Waals surface area contributed by atoms with Gasteiger partial charge in [-0.25, -0.2) is 0 Å². The summed E-state index contributed by atoms with van der Waals surface area (Å²) in [5.74, 6) is 0.0473. The van der Waals surface area contributed by atoms with Crippen molar-refractivity contribution in [1.29, 1.82) is 5.26 Å². The van der Waals surface area contributed by atoms with Crippen LogP contribution in [0.15, 0.2) is 75.8 Å². The number of benzene rings is 1. The lowest BCUT2D eigenvalue weighted by Crippen LogP contribution is -2.25. The fourth-order valence-electron chi connectivity index (χ4n) is 3.09. The van der Waals surface area contributed by atoms with Crippen LogP contribution in [0.2, 0.25) is 5.02 Å². The van der Waals surface area contributed by atoms with E-state index in [1.165, 1.54) is 10.7 Å². The maximum atomic E-state index is 13.3. The van der Waals surface area contributed by atoms with E-state index in [0.29, 0.717) is 16.4 Å². The number of halogens is 1. The molecule has 0 bridgehead atoms. The number of aromatic nitrogens is 2. The third-order valence-corrected chi connectivity index (χ3v) is 5.06. The summed E-state index contributed by atoms with van der Waals surface area (Å²) >= 11 is 6.21. The summed E-state index contributed by atoms with van der Waals surface area (Å²) in [6, 6.07) is 15.4. The zero-order valence-corrected chi connectivity index (χ0v) is 18.2. The van der Waals surface area contributed by atoms with Gasteiger partial charge in [-0.05, 0) is 48.9 Å². The summed E-state index contributed by atoms with van der Waals surface area (Å²) in [6.45, 7) is 1.89. The van der Waals surface area contributed by atoms with Crippen molar-refractivity contribution in [3.05, 3.63) is 98.8 Å². The molecule has 4 rings (SSSR count). The average molecular weight is 461 g/mol. The van der Waals surface area contributed by atoms with E-state index < -0.39 is 11.5 Å². The van der Waals surface area contributed by atoms with Gasteiger partial charge in [0.2, 0.25) is 5.88 Å². The molecule has 1 aromatic carbocycles. The normalized spacial score (nSPS) is 11.2. The van der Waals surface area contributed by atoms with Crippen LogP contribution in [0.3, 0.4) is 0 Å². The van der Waals surface area contributed by atoms with Crippen LogP contribution in [-0.2, 0) is 11.3 Å². The molecule has 33 heavy (non-hydrogen) atoms. The lowest BCUT2D eigenvalue weighted by molar-refractivity contribution is -0.117. The second kappa shape index (κ2) is 9.42. The van der Waals surface area contributed by atoms with Crippen molar-refractivity contribution >= 4 is 29.2 Å². The van der Waals surface area contributed by atoms with Gasteiger partial charge in [-0.3, -0.25) is 14.0 Å². The lowest BCUT2D eigenvalue weighted by atomic mass is 10.1. The molecule has 9 heteroatoms. The molecular weight excluding hydrogens is 444 g/mol. The Hall–Kier alpha value is -4.35. The van der Waals surface area contributed by atoms with Crippen molar-refractivity contribution < 1.29 is 13.9 Å². The third kappa shape index (κ3) is 4.63. The van der Waals surface area contributed by atoms with Crippen molar-refractivity contribution in [2.75, 3.05) is 0 Å². The number of fused-ring (bicyclic) bond motifs is 1. The molecule has 0 unspecified atom stereocenters. The topological polar surface area (TPSA) is 110 Å². The van der Waals surface area contributed by atoms with E-state index >= 15 is 0 Å². The number of carbonyl (C=O) groups is 1. The number of furan rings is 1. The molecule has 0 atom stereocenters. The fraction of sp³-hybridized carbons (Fsp3) is 0.0833. The predicted octanol–water partition coefficient (Wildman–Crippen LogP) is 4.27. The maximum Gasteiger partial charge on any atom is 0.269 e. The van der Waals surface area contributed by atoms with Crippen LogP contribution in [0.1, 0.15) is 16.9 Å². The van der Waals surface area contributed by atoms with Crippen molar-refractivity contribution in [2.45, 2.75) is 13.5 Å². The summed E-state index contributed by atoms with van der Waals surface area (Å²) in [7, 11) is 0. The Balaban J connectivity index is 1.81. The van der Waals surface area contributed by atoms with Gasteiger partial charge in [0.1, 0.15) is 34.4 Å². The molecule has 0 aliphatic rings. The molecule has 0 spiro atoms. The van der Waals surface area contributed by atoms with Gasteiger partial charge in [0.15, 0.2) is 0 Å². The molecule has 1 N–H and O–H groups in total. The smallest absolute Gasteiger partial charge is 0.269 e. The molecule has 4 aromatic rings. The first-order chi connectivity index (χ1) is 16.0. The summed E-state index contributed by atoms with van der Waals surface area (Å²) in [6.07, 6.45) is 4.19. The first kappa shape index (κ1) is 21.9. The Morgan fingerprint density at radius 2 is 2.09 bits per heavy atom. The molecule has 0 radical (unpaired) electrons. The highest BCUT2D eigenvalue weighted by molar-refractivity contribution is 6.32. The Bertz CT molecular complexity index is 1470. The Labute approximate surface area is 193 Å². The predicted molar refractivity (Wildman–Crippen MR) is 122 cm³/mol. The van der Waals surface area contributed by atoms with E-state index in [1.807, 2.05) is 6.07 Å². The van der Waals surface area contributed by atoms with E-state index in [0.717, 1.165) is 11.6 Å². The lowest BCUT2D eigenvalue weighted by Gasteiger charge is -2.12. The van der Waals surface area contributed by atoms with E-state index in [4.69, 9.17) is 20.8 Å². The largest absolute Gasteiger partial charge is 0.467 e. The highest BCUT2D eigenvalue weighted by atomic mass is 35.5. The third-order valence-electron chi connectivity index (χ3n) is 4.75. The van der Waals surface area contributed by atoms with Gasteiger partial charge in [0.05, 0.1) is 17.8 Å². The summed E-state index contributed by atoms with van der Waals surface area (Å²) < 4.78 is 12.4. The number of ether oxygens (including phenoxy) is 1. The number of rotatable bonds is 6. The van der Waals surface area contributed by atoms with Gasteiger partial charge in [-0.15, -0.1) is 0 Å². The number of amides is 1. The van der Waals surface area contributed by atoms with Gasteiger partial charge < -0.3 is 14.5 Å². The Morgan fingerprint density at radius 1 is 1.27 bits per heavy atom. The minimum atomic E-state index is -0.675. The van der Waals surface area contributed by atoms with Gasteiger partial charge >= 0.3 is 0 Å². The second-order valence-corrected chi connectivity index (χ2v) is 7.39. The van der Waals surface area contributed by atoms with Crippen molar-refractivity contribution in [3.8, 4) is 17.7 Å². The van der Waals surface area contributed by atoms with Crippen LogP contribution in [0.25, 0.3) is 11.7 Å². The first-order valence-electron chi connectivity index (χ1n) is 9.84. The molecule has 8 nitrogen and oxygen atoms in total. The SMILES string of the molecule is Cc1cccn2c(=O)c(C=C(C#N)C(=O)NCc3ccco3)c(Oc3ccccc3Cl)nc12. The Morgan fingerprint density at radius 3 is 2.82 bits per heavy atom. The fourth-order valence-corrected chi connectivity index (χ4v) is 3.27. The standard InChI is InChI=1S/C24H17ClN4O4/c1-15-6-4-10-29-21(15)28-23(33-20-9-3-2-8-19(20)25)18(24(29)31)12-16(13-26)22(30)27-14-17-7-5-11-32-17/h2-12H,14H2,1H3,(H,27,30). The minimum Gasteiger partial charge on any atom is -0.467 e. The molecule has 3 aromatic heterocycles. The van der Waals surface area contributed by atoms with Crippen molar-refractivity contribution in [3.63, 3.8) is 0 Å². The summed E-state index contributed by atoms with van der Waals surface area (Å²) in [5.41, 5.74) is 0.255. The number of carbonyl (C=O) groups excluding carboxylic acids is 1. The minimum absolute atomic E-state index is 0.0669. The molecule has 0 saturated carbocycles. The van der Waals surface area contributed by atoms with Gasteiger partial charge in [-0.1, -0.05) is 29.8 Å². The van der Waals surface area contributed by atoms with E-state index in [2.05, 4.69) is 10.3 Å². The number of hydrogen-bond acceptors (Lipinski definition) is 6. The van der Waals surface area contributed by atoms with Crippen LogP contribution in [-0.4, -0.2) is 15.3 Å². The maximum absolute atomic E-state index is 13.3. The number of aryl methyl sites for hydroxylation is 1. The van der Waals surface area contributed by atoms with Gasteiger partial charge in [-0.2, -0.15) is 10.2 Å². The molecule has 0 aliphatic carbocycles. The van der Waals surface area contributed by atoms with E-state index in [-0.39, 0.29) is 29.3 Å². The zero-order chi connectivity index (χ0) is 23.4. The van der Waals surface area contributed by atoms with Crippen molar-refractivity contribution in [2.24, 2.45) is 0 Å². The highest BCUT2D eigenvalue weighted by Gasteiger charge is 2.19. The molecule has 0 saturated heterocycles. The molecule has 0 fully saturated rings. The Kier molecular flexibility index (Phi) is 6.24. The zero-order valence-electron chi connectivity index (χ0n) is 17.4. The molecule has 3 heterocycles. The molecule has 0 aliphatic heterocycles. The van der Waals surface area contributed by atoms with Crippen LogP contribution < -0.4 is 15.6 Å². The number of pyridine rings is 1. The molecule has 164 valence electrons. The number of nitrogens with zero attached hydrogens (tertiary/aromatic N) is 3. The number of nitrogens with one attached hydrogen (secondary N) is 1. The van der Waals surface area contributed by atoms with Crippen molar-refractivity contribution in [1.82, 2.24) is 14.7 Å². The number of hydrogen-bond donors (Lipinski definition) is 1. The van der Waals surface area contributed by atoms with Crippen LogP contribution in [0.5, 0.6) is 11.6 Å².